The first-order valence-corrected chi connectivity index (χ1v) is 8.30. The molecule has 3 nitrogen and oxygen atoms in total. The van der Waals surface area contributed by atoms with Crippen LogP contribution >= 0.6 is 34.4 Å². The summed E-state index contributed by atoms with van der Waals surface area (Å²) in [7, 11) is 0. The second kappa shape index (κ2) is 5.61. The third kappa shape index (κ3) is 2.59. The average Bonchev–Trinajstić information content (AvgIpc) is 3.14. The first-order chi connectivity index (χ1) is 9.38. The van der Waals surface area contributed by atoms with Crippen molar-refractivity contribution in [2.75, 3.05) is 5.75 Å². The number of thiophene rings is 2. The van der Waals surface area contributed by atoms with Crippen LogP contribution in [-0.2, 0) is 0 Å². The first kappa shape index (κ1) is 12.5. The molecule has 3 aromatic heterocycles. The topological polar surface area (TPSA) is 52.5 Å². The van der Waals surface area contributed by atoms with Crippen LogP contribution in [0.1, 0.15) is 0 Å². The van der Waals surface area contributed by atoms with E-state index in [1.54, 1.807) is 22.7 Å². The summed E-state index contributed by atoms with van der Waals surface area (Å²) >= 11 is 4.79. The van der Waals surface area contributed by atoms with Crippen LogP contribution in [-0.4, -0.2) is 15.7 Å². The maximum Gasteiger partial charge on any atom is 0.167 e. The minimum atomic E-state index is 0.404. The standard InChI is InChI=1S/C13H9N3S3/c14-5-8-19-13-15-11(9-3-1-6-17-9)12(16-13)10-4-2-7-18-10/h1-4,6-7H,8H2,(H,15,16). The van der Waals surface area contributed by atoms with Crippen LogP contribution in [0, 0.1) is 11.3 Å². The number of hydrogen-bond donors (Lipinski definition) is 1. The third-order valence-corrected chi connectivity index (χ3v) is 4.98. The second-order valence-corrected chi connectivity index (χ2v) is 6.53. The summed E-state index contributed by atoms with van der Waals surface area (Å²) < 4.78 is 0. The van der Waals surface area contributed by atoms with E-state index in [2.05, 4.69) is 33.5 Å². The van der Waals surface area contributed by atoms with Gasteiger partial charge in [-0.25, -0.2) is 4.98 Å². The zero-order valence-electron chi connectivity index (χ0n) is 9.79. The van der Waals surface area contributed by atoms with Crippen LogP contribution in [0.4, 0.5) is 0 Å². The van der Waals surface area contributed by atoms with Gasteiger partial charge in [0.15, 0.2) is 5.16 Å². The van der Waals surface area contributed by atoms with Crippen LogP contribution < -0.4 is 0 Å². The van der Waals surface area contributed by atoms with E-state index in [1.165, 1.54) is 16.6 Å². The molecule has 0 aromatic carbocycles. The number of H-pyrrole nitrogens is 1. The van der Waals surface area contributed by atoms with Crippen molar-refractivity contribution in [3.63, 3.8) is 0 Å². The highest BCUT2D eigenvalue weighted by Gasteiger charge is 2.15. The minimum absolute atomic E-state index is 0.404. The quantitative estimate of drug-likeness (QED) is 0.723. The Morgan fingerprint density at radius 1 is 1.21 bits per heavy atom. The van der Waals surface area contributed by atoms with Crippen LogP contribution in [0.3, 0.4) is 0 Å². The first-order valence-electron chi connectivity index (χ1n) is 5.56. The maximum absolute atomic E-state index is 8.66. The highest BCUT2D eigenvalue weighted by Crippen LogP contribution is 2.36. The number of nitrogens with one attached hydrogen (secondary N) is 1. The number of hydrogen-bond acceptors (Lipinski definition) is 5. The summed E-state index contributed by atoms with van der Waals surface area (Å²) in [6, 6.07) is 10.3. The molecule has 1 N–H and O–H groups in total. The molecule has 3 aromatic rings. The van der Waals surface area contributed by atoms with E-state index < -0.39 is 0 Å². The smallest absolute Gasteiger partial charge is 0.167 e. The van der Waals surface area contributed by atoms with Gasteiger partial charge in [-0.05, 0) is 22.9 Å². The Hall–Kier alpha value is -1.55. The van der Waals surface area contributed by atoms with Gasteiger partial charge in [0.05, 0.1) is 27.3 Å². The van der Waals surface area contributed by atoms with Gasteiger partial charge >= 0.3 is 0 Å². The summed E-state index contributed by atoms with van der Waals surface area (Å²) in [6.45, 7) is 0. The second-order valence-electron chi connectivity index (χ2n) is 3.67. The molecule has 0 spiro atoms. The lowest BCUT2D eigenvalue weighted by molar-refractivity contribution is 1.07. The molecule has 19 heavy (non-hydrogen) atoms. The SMILES string of the molecule is N#CCSc1nc(-c2cccs2)c(-c2cccs2)[nH]1. The van der Waals surface area contributed by atoms with Gasteiger partial charge < -0.3 is 4.98 Å². The van der Waals surface area contributed by atoms with Crippen molar-refractivity contribution >= 4 is 34.4 Å². The monoisotopic (exact) mass is 303 g/mol. The molecule has 0 atom stereocenters. The Morgan fingerprint density at radius 3 is 2.58 bits per heavy atom. The summed E-state index contributed by atoms with van der Waals surface area (Å²) in [5, 5.41) is 13.6. The third-order valence-electron chi connectivity index (χ3n) is 2.48. The molecule has 0 saturated carbocycles. The Labute approximate surface area is 123 Å². The lowest BCUT2D eigenvalue weighted by atomic mass is 10.2. The molecule has 94 valence electrons. The van der Waals surface area contributed by atoms with E-state index in [0.717, 1.165) is 21.4 Å². The van der Waals surface area contributed by atoms with E-state index >= 15 is 0 Å². The lowest BCUT2D eigenvalue weighted by Crippen LogP contribution is -1.76. The van der Waals surface area contributed by atoms with Crippen molar-refractivity contribution < 1.29 is 0 Å². The van der Waals surface area contributed by atoms with E-state index in [0.29, 0.717) is 5.75 Å². The van der Waals surface area contributed by atoms with Gasteiger partial charge in [-0.3, -0.25) is 0 Å². The largest absolute Gasteiger partial charge is 0.332 e. The van der Waals surface area contributed by atoms with Crippen molar-refractivity contribution in [2.45, 2.75) is 5.16 Å². The number of aromatic nitrogens is 2. The van der Waals surface area contributed by atoms with Crippen molar-refractivity contribution in [1.29, 1.82) is 5.26 Å². The molecule has 0 unspecified atom stereocenters. The number of aromatic amines is 1. The number of nitriles is 1. The predicted molar refractivity (Wildman–Crippen MR) is 81.6 cm³/mol. The molecule has 0 aliphatic carbocycles. The van der Waals surface area contributed by atoms with E-state index in [4.69, 9.17) is 5.26 Å². The Kier molecular flexibility index (Phi) is 3.69. The predicted octanol–water partition coefficient (Wildman–Crippen LogP) is 4.48. The van der Waals surface area contributed by atoms with Gasteiger partial charge in [0, 0.05) is 0 Å². The summed E-state index contributed by atoms with van der Waals surface area (Å²) in [6.07, 6.45) is 0. The fraction of sp³-hybridized carbons (Fsp3) is 0.0769. The van der Waals surface area contributed by atoms with E-state index in [9.17, 15) is 0 Å². The molecule has 3 heterocycles. The van der Waals surface area contributed by atoms with Gasteiger partial charge in [-0.2, -0.15) is 5.26 Å². The molecule has 0 fully saturated rings. The maximum atomic E-state index is 8.66. The fourth-order valence-electron chi connectivity index (χ4n) is 1.71. The van der Waals surface area contributed by atoms with Crippen molar-refractivity contribution in [3.8, 4) is 27.2 Å². The molecule has 0 aliphatic heterocycles. The summed E-state index contributed by atoms with van der Waals surface area (Å²) in [5.74, 6) is 0.404. The molecule has 0 aliphatic rings. The Balaban J connectivity index is 2.06. The summed E-state index contributed by atoms with van der Waals surface area (Å²) in [5.41, 5.74) is 2.01. The van der Waals surface area contributed by atoms with Crippen LogP contribution in [0.15, 0.2) is 40.2 Å². The van der Waals surface area contributed by atoms with Gasteiger partial charge in [-0.15, -0.1) is 22.7 Å². The van der Waals surface area contributed by atoms with Gasteiger partial charge in [-0.1, -0.05) is 23.9 Å². The molecule has 6 heteroatoms. The highest BCUT2D eigenvalue weighted by atomic mass is 32.2. The van der Waals surface area contributed by atoms with Crippen molar-refractivity contribution in [1.82, 2.24) is 9.97 Å². The molecular formula is C13H9N3S3. The van der Waals surface area contributed by atoms with Crippen molar-refractivity contribution in [3.05, 3.63) is 35.0 Å². The highest BCUT2D eigenvalue weighted by molar-refractivity contribution is 7.99. The minimum Gasteiger partial charge on any atom is -0.332 e. The van der Waals surface area contributed by atoms with E-state index in [1.807, 2.05) is 17.5 Å². The van der Waals surface area contributed by atoms with Gasteiger partial charge in [0.2, 0.25) is 0 Å². The van der Waals surface area contributed by atoms with Gasteiger partial charge in [0.25, 0.3) is 0 Å². The summed E-state index contributed by atoms with van der Waals surface area (Å²) in [4.78, 5) is 10.3. The lowest BCUT2D eigenvalue weighted by Gasteiger charge is -1.96. The normalized spacial score (nSPS) is 10.5. The Bertz CT molecular complexity index is 638. The number of thioether (sulfide) groups is 1. The van der Waals surface area contributed by atoms with Crippen LogP contribution in [0.25, 0.3) is 21.1 Å². The zero-order valence-corrected chi connectivity index (χ0v) is 12.2. The molecule has 0 amide bonds. The Morgan fingerprint density at radius 2 is 1.95 bits per heavy atom. The van der Waals surface area contributed by atoms with Gasteiger partial charge in [0.1, 0.15) is 5.69 Å². The fourth-order valence-corrected chi connectivity index (χ4v) is 3.69. The molecule has 0 bridgehead atoms. The molecular weight excluding hydrogens is 294 g/mol. The van der Waals surface area contributed by atoms with Crippen molar-refractivity contribution in [2.24, 2.45) is 0 Å². The number of rotatable bonds is 4. The molecule has 3 rings (SSSR count). The average molecular weight is 303 g/mol. The van der Waals surface area contributed by atoms with E-state index in [-0.39, 0.29) is 0 Å². The van der Waals surface area contributed by atoms with Crippen LogP contribution in [0.2, 0.25) is 0 Å². The number of imidazole rings is 1. The van der Waals surface area contributed by atoms with Crippen LogP contribution in [0.5, 0.6) is 0 Å². The molecule has 0 saturated heterocycles. The zero-order chi connectivity index (χ0) is 13.1. The molecule has 0 radical (unpaired) electrons. The number of nitrogens with zero attached hydrogens (tertiary/aromatic N) is 2.